The average Bonchev–Trinajstić information content (AvgIpc) is 2.63. The molecule has 5 heteroatoms. The van der Waals surface area contributed by atoms with Crippen molar-refractivity contribution in [3.63, 3.8) is 0 Å². The highest BCUT2D eigenvalue weighted by molar-refractivity contribution is 5.53. The number of H-pyrrole nitrogens is 1. The Hall–Kier alpha value is -2.01. The van der Waals surface area contributed by atoms with E-state index in [0.717, 1.165) is 48.8 Å². The van der Waals surface area contributed by atoms with Gasteiger partial charge < -0.3 is 4.98 Å². The number of fused-ring (bicyclic) bond motifs is 1. The van der Waals surface area contributed by atoms with Gasteiger partial charge >= 0.3 is 0 Å². The van der Waals surface area contributed by atoms with Crippen molar-refractivity contribution in [3.05, 3.63) is 46.1 Å². The van der Waals surface area contributed by atoms with Crippen molar-refractivity contribution in [2.45, 2.75) is 45.1 Å². The first-order valence-electron chi connectivity index (χ1n) is 9.04. The number of pyridine rings is 1. The molecule has 0 saturated heterocycles. The predicted octanol–water partition coefficient (Wildman–Crippen LogP) is 2.77. The summed E-state index contributed by atoms with van der Waals surface area (Å²) < 4.78 is 0. The molecule has 5 nitrogen and oxygen atoms in total. The minimum atomic E-state index is 0.0103. The first kappa shape index (κ1) is 15.5. The summed E-state index contributed by atoms with van der Waals surface area (Å²) >= 11 is 0. The molecule has 1 aliphatic heterocycles. The fraction of sp³-hybridized carbons (Fsp3) is 0.526. The molecule has 0 amide bonds. The lowest BCUT2D eigenvalue weighted by Gasteiger charge is -2.32. The third-order valence-corrected chi connectivity index (χ3v) is 5.33. The molecule has 0 bridgehead atoms. The maximum absolute atomic E-state index is 12.4. The topological polar surface area (TPSA) is 61.9 Å². The van der Waals surface area contributed by atoms with Crippen LogP contribution in [0.5, 0.6) is 0 Å². The zero-order valence-corrected chi connectivity index (χ0v) is 14.0. The SMILES string of the molecule is O=c1[nH]c(-c2cccnc2)nc2c1CCN(CC1CCCCC1)C2. The van der Waals surface area contributed by atoms with Crippen LogP contribution in [0.15, 0.2) is 29.3 Å². The number of hydrogen-bond donors (Lipinski definition) is 1. The third kappa shape index (κ3) is 3.26. The summed E-state index contributed by atoms with van der Waals surface area (Å²) in [5, 5.41) is 0. The van der Waals surface area contributed by atoms with E-state index in [4.69, 9.17) is 4.98 Å². The lowest BCUT2D eigenvalue weighted by molar-refractivity contribution is 0.184. The number of nitrogens with zero attached hydrogens (tertiary/aromatic N) is 3. The van der Waals surface area contributed by atoms with Crippen molar-refractivity contribution in [2.75, 3.05) is 13.1 Å². The predicted molar refractivity (Wildman–Crippen MR) is 93.6 cm³/mol. The fourth-order valence-electron chi connectivity index (χ4n) is 4.02. The molecule has 4 rings (SSSR count). The minimum Gasteiger partial charge on any atom is -0.306 e. The summed E-state index contributed by atoms with van der Waals surface area (Å²) in [6.45, 7) is 2.92. The van der Waals surface area contributed by atoms with Gasteiger partial charge in [-0.25, -0.2) is 4.98 Å². The zero-order chi connectivity index (χ0) is 16.4. The summed E-state index contributed by atoms with van der Waals surface area (Å²) in [7, 11) is 0. The quantitative estimate of drug-likeness (QED) is 0.943. The number of nitrogens with one attached hydrogen (secondary N) is 1. The second-order valence-corrected chi connectivity index (χ2v) is 7.07. The molecule has 126 valence electrons. The molecular formula is C19H24N4O. The van der Waals surface area contributed by atoms with E-state index in [9.17, 15) is 4.79 Å². The highest BCUT2D eigenvalue weighted by atomic mass is 16.1. The van der Waals surface area contributed by atoms with Gasteiger partial charge in [0.05, 0.1) is 5.69 Å². The zero-order valence-electron chi connectivity index (χ0n) is 14.0. The summed E-state index contributed by atoms with van der Waals surface area (Å²) in [6, 6.07) is 3.80. The van der Waals surface area contributed by atoms with E-state index < -0.39 is 0 Å². The molecule has 24 heavy (non-hydrogen) atoms. The van der Waals surface area contributed by atoms with Gasteiger partial charge in [0.2, 0.25) is 0 Å². The van der Waals surface area contributed by atoms with Crippen LogP contribution in [0.2, 0.25) is 0 Å². The molecule has 0 aromatic carbocycles. The number of aromatic amines is 1. The van der Waals surface area contributed by atoms with Crippen molar-refractivity contribution in [1.82, 2.24) is 19.9 Å². The average molecular weight is 324 g/mol. The Kier molecular flexibility index (Phi) is 4.43. The Bertz CT molecular complexity index is 750. The summed E-state index contributed by atoms with van der Waals surface area (Å²) in [6.07, 6.45) is 11.1. The van der Waals surface area contributed by atoms with Crippen LogP contribution in [0, 0.1) is 5.92 Å². The van der Waals surface area contributed by atoms with Crippen molar-refractivity contribution in [1.29, 1.82) is 0 Å². The Labute approximate surface area is 142 Å². The Morgan fingerprint density at radius 2 is 2.12 bits per heavy atom. The second-order valence-electron chi connectivity index (χ2n) is 7.07. The van der Waals surface area contributed by atoms with Crippen LogP contribution in [0.25, 0.3) is 11.4 Å². The van der Waals surface area contributed by atoms with Crippen LogP contribution < -0.4 is 5.56 Å². The van der Waals surface area contributed by atoms with Crippen LogP contribution in [0.1, 0.15) is 43.4 Å². The maximum atomic E-state index is 12.4. The lowest BCUT2D eigenvalue weighted by atomic mass is 9.88. The van der Waals surface area contributed by atoms with Gasteiger partial charge in [-0.15, -0.1) is 0 Å². The normalized spacial score (nSPS) is 19.2. The van der Waals surface area contributed by atoms with Gasteiger partial charge in [-0.1, -0.05) is 19.3 Å². The first-order chi connectivity index (χ1) is 11.8. The van der Waals surface area contributed by atoms with Gasteiger partial charge in [0.25, 0.3) is 5.56 Å². The summed E-state index contributed by atoms with van der Waals surface area (Å²) in [5.41, 5.74) is 2.68. The van der Waals surface area contributed by atoms with Gasteiger partial charge in [-0.2, -0.15) is 0 Å². The fourth-order valence-corrected chi connectivity index (χ4v) is 4.02. The second kappa shape index (κ2) is 6.85. The molecule has 1 fully saturated rings. The van der Waals surface area contributed by atoms with E-state index in [1.807, 2.05) is 12.1 Å². The lowest BCUT2D eigenvalue weighted by Crippen LogP contribution is -2.38. The number of rotatable bonds is 3. The molecule has 0 spiro atoms. The molecule has 1 saturated carbocycles. The summed E-state index contributed by atoms with van der Waals surface area (Å²) in [5.74, 6) is 1.45. The molecule has 3 heterocycles. The largest absolute Gasteiger partial charge is 0.306 e. The molecule has 2 aromatic rings. The van der Waals surface area contributed by atoms with Crippen molar-refractivity contribution >= 4 is 0 Å². The first-order valence-corrected chi connectivity index (χ1v) is 9.04. The molecule has 0 unspecified atom stereocenters. The molecule has 0 radical (unpaired) electrons. The molecule has 0 atom stereocenters. The molecule has 1 aliphatic carbocycles. The molecule has 2 aromatic heterocycles. The highest BCUT2D eigenvalue weighted by Crippen LogP contribution is 2.26. The van der Waals surface area contributed by atoms with E-state index in [2.05, 4.69) is 14.9 Å². The van der Waals surface area contributed by atoms with Gasteiger partial charge in [0, 0.05) is 43.2 Å². The smallest absolute Gasteiger partial charge is 0.254 e. The number of aromatic nitrogens is 3. The minimum absolute atomic E-state index is 0.0103. The van der Waals surface area contributed by atoms with Crippen molar-refractivity contribution in [3.8, 4) is 11.4 Å². The Balaban J connectivity index is 1.55. The van der Waals surface area contributed by atoms with Gasteiger partial charge in [-0.05, 0) is 37.3 Å². The molecular weight excluding hydrogens is 300 g/mol. The van der Waals surface area contributed by atoms with E-state index >= 15 is 0 Å². The van der Waals surface area contributed by atoms with Gasteiger partial charge in [0.1, 0.15) is 5.82 Å². The molecule has 2 aliphatic rings. The van der Waals surface area contributed by atoms with Crippen LogP contribution in [0.3, 0.4) is 0 Å². The third-order valence-electron chi connectivity index (χ3n) is 5.33. The van der Waals surface area contributed by atoms with E-state index in [-0.39, 0.29) is 5.56 Å². The molecule has 1 N–H and O–H groups in total. The number of hydrogen-bond acceptors (Lipinski definition) is 4. The van der Waals surface area contributed by atoms with E-state index in [1.54, 1.807) is 12.4 Å². The summed E-state index contributed by atoms with van der Waals surface area (Å²) in [4.78, 5) is 26.7. The maximum Gasteiger partial charge on any atom is 0.254 e. The van der Waals surface area contributed by atoms with Crippen LogP contribution in [0.4, 0.5) is 0 Å². The van der Waals surface area contributed by atoms with Gasteiger partial charge in [0.15, 0.2) is 0 Å². The van der Waals surface area contributed by atoms with Crippen LogP contribution >= 0.6 is 0 Å². The van der Waals surface area contributed by atoms with Crippen molar-refractivity contribution < 1.29 is 0 Å². The van der Waals surface area contributed by atoms with Crippen LogP contribution in [-0.2, 0) is 13.0 Å². The van der Waals surface area contributed by atoms with Crippen molar-refractivity contribution in [2.24, 2.45) is 5.92 Å². The Morgan fingerprint density at radius 1 is 1.25 bits per heavy atom. The van der Waals surface area contributed by atoms with E-state index in [1.165, 1.54) is 32.1 Å². The Morgan fingerprint density at radius 3 is 2.92 bits per heavy atom. The van der Waals surface area contributed by atoms with Crippen LogP contribution in [-0.4, -0.2) is 32.9 Å². The van der Waals surface area contributed by atoms with Gasteiger partial charge in [-0.3, -0.25) is 14.7 Å². The standard InChI is InChI=1S/C19H24N4O/c24-19-16-8-10-23(12-14-5-2-1-3-6-14)13-17(16)21-18(22-19)15-7-4-9-20-11-15/h4,7,9,11,14H,1-3,5-6,8,10,12-13H2,(H,21,22,24). The monoisotopic (exact) mass is 324 g/mol. The highest BCUT2D eigenvalue weighted by Gasteiger charge is 2.24. The van der Waals surface area contributed by atoms with E-state index in [0.29, 0.717) is 5.82 Å².